The van der Waals surface area contributed by atoms with Crippen LogP contribution in [0.3, 0.4) is 0 Å². The Morgan fingerprint density at radius 1 is 1.50 bits per heavy atom. The van der Waals surface area contributed by atoms with Crippen LogP contribution in [0, 0.1) is 12.8 Å². The van der Waals surface area contributed by atoms with E-state index in [-0.39, 0.29) is 11.8 Å². The summed E-state index contributed by atoms with van der Waals surface area (Å²) in [6, 6.07) is 3.74. The smallest absolute Gasteiger partial charge is 0.229 e. The van der Waals surface area contributed by atoms with Gasteiger partial charge in [0.1, 0.15) is 5.82 Å². The molecule has 0 spiro atoms. The molecule has 1 aromatic heterocycles. The van der Waals surface area contributed by atoms with Crippen molar-refractivity contribution in [3.05, 3.63) is 23.9 Å². The maximum atomic E-state index is 11.7. The summed E-state index contributed by atoms with van der Waals surface area (Å²) in [5.41, 5.74) is 1.08. The molecule has 88 valence electrons. The van der Waals surface area contributed by atoms with Crippen LogP contribution in [0.2, 0.25) is 0 Å². The van der Waals surface area contributed by atoms with E-state index in [0.29, 0.717) is 12.4 Å². The topological polar surface area (TPSA) is 54.0 Å². The molecule has 4 nitrogen and oxygen atoms in total. The van der Waals surface area contributed by atoms with E-state index in [1.54, 1.807) is 6.20 Å². The molecular weight excluding hydrogens is 202 g/mol. The molecule has 0 fully saturated rings. The summed E-state index contributed by atoms with van der Waals surface area (Å²) in [5, 5.41) is 5.93. The third-order valence-electron chi connectivity index (χ3n) is 2.31. The Morgan fingerprint density at radius 3 is 2.81 bits per heavy atom. The van der Waals surface area contributed by atoms with Crippen molar-refractivity contribution in [1.82, 2.24) is 10.3 Å². The van der Waals surface area contributed by atoms with Crippen LogP contribution in [0.4, 0.5) is 5.82 Å². The van der Waals surface area contributed by atoms with Crippen molar-refractivity contribution >= 4 is 11.7 Å². The van der Waals surface area contributed by atoms with Gasteiger partial charge in [-0.05, 0) is 25.1 Å². The largest absolute Gasteiger partial charge is 0.316 e. The molecule has 0 saturated heterocycles. The highest BCUT2D eigenvalue weighted by molar-refractivity contribution is 5.91. The zero-order chi connectivity index (χ0) is 12.0. The minimum absolute atomic E-state index is 0.00250. The van der Waals surface area contributed by atoms with Crippen molar-refractivity contribution in [1.29, 1.82) is 0 Å². The predicted molar refractivity (Wildman–Crippen MR) is 65.3 cm³/mol. The van der Waals surface area contributed by atoms with E-state index in [1.807, 2.05) is 32.9 Å². The number of anilines is 1. The van der Waals surface area contributed by atoms with E-state index in [4.69, 9.17) is 0 Å². The molecule has 1 atom stereocenters. The molecule has 0 aliphatic heterocycles. The van der Waals surface area contributed by atoms with Crippen LogP contribution in [0.5, 0.6) is 0 Å². The molecule has 0 bridgehead atoms. The zero-order valence-electron chi connectivity index (χ0n) is 10.1. The third kappa shape index (κ3) is 3.98. The number of aryl methyl sites for hydroxylation is 1. The molecule has 0 radical (unpaired) electrons. The van der Waals surface area contributed by atoms with Crippen LogP contribution in [0.1, 0.15) is 19.4 Å². The number of aromatic nitrogens is 1. The van der Waals surface area contributed by atoms with E-state index in [2.05, 4.69) is 15.6 Å². The van der Waals surface area contributed by atoms with Gasteiger partial charge in [0.15, 0.2) is 0 Å². The maximum Gasteiger partial charge on any atom is 0.229 e. The van der Waals surface area contributed by atoms with E-state index >= 15 is 0 Å². The fraction of sp³-hybridized carbons (Fsp3) is 0.500. The average molecular weight is 221 g/mol. The quantitative estimate of drug-likeness (QED) is 0.793. The molecule has 16 heavy (non-hydrogen) atoms. The number of hydrogen-bond donors (Lipinski definition) is 2. The van der Waals surface area contributed by atoms with Crippen molar-refractivity contribution in [2.75, 3.05) is 18.4 Å². The molecule has 0 saturated carbocycles. The molecule has 4 heteroatoms. The minimum atomic E-state index is -0.0527. The molecule has 1 heterocycles. The van der Waals surface area contributed by atoms with Crippen LogP contribution in [-0.4, -0.2) is 24.0 Å². The number of hydrogen-bond acceptors (Lipinski definition) is 3. The normalized spacial score (nSPS) is 12.2. The number of pyridine rings is 1. The summed E-state index contributed by atoms with van der Waals surface area (Å²) in [6.45, 7) is 7.44. The molecule has 1 unspecified atom stereocenters. The lowest BCUT2D eigenvalue weighted by Gasteiger charge is -2.11. The second-order valence-electron chi connectivity index (χ2n) is 3.92. The summed E-state index contributed by atoms with van der Waals surface area (Å²) >= 11 is 0. The average Bonchev–Trinajstić information content (AvgIpc) is 2.29. The van der Waals surface area contributed by atoms with Gasteiger partial charge < -0.3 is 10.6 Å². The molecule has 1 rings (SSSR count). The highest BCUT2D eigenvalue weighted by Crippen LogP contribution is 2.05. The minimum Gasteiger partial charge on any atom is -0.316 e. The standard InChI is InChI=1S/C12H19N3O/c1-4-13-8-10(3)12(16)15-11-6-5-9(2)7-14-11/h5-7,10,13H,4,8H2,1-3H3,(H,14,15,16). The fourth-order valence-corrected chi connectivity index (χ4v) is 1.24. The van der Waals surface area contributed by atoms with E-state index in [0.717, 1.165) is 12.1 Å². The van der Waals surface area contributed by atoms with Gasteiger partial charge in [-0.1, -0.05) is 19.9 Å². The first-order valence-corrected chi connectivity index (χ1v) is 5.57. The lowest BCUT2D eigenvalue weighted by Crippen LogP contribution is -2.30. The highest BCUT2D eigenvalue weighted by Gasteiger charge is 2.12. The van der Waals surface area contributed by atoms with E-state index in [9.17, 15) is 4.79 Å². The number of nitrogens with zero attached hydrogens (tertiary/aromatic N) is 1. The van der Waals surface area contributed by atoms with Gasteiger partial charge in [-0.25, -0.2) is 4.98 Å². The molecule has 1 aromatic rings. The number of carbonyl (C=O) groups excluding carboxylic acids is 1. The van der Waals surface area contributed by atoms with Gasteiger partial charge in [0.2, 0.25) is 5.91 Å². The van der Waals surface area contributed by atoms with Crippen LogP contribution in [-0.2, 0) is 4.79 Å². The fourth-order valence-electron chi connectivity index (χ4n) is 1.24. The van der Waals surface area contributed by atoms with Gasteiger partial charge in [-0.15, -0.1) is 0 Å². The Labute approximate surface area is 96.5 Å². The third-order valence-corrected chi connectivity index (χ3v) is 2.31. The number of carbonyl (C=O) groups is 1. The predicted octanol–water partition coefficient (Wildman–Crippen LogP) is 1.57. The summed E-state index contributed by atoms with van der Waals surface area (Å²) < 4.78 is 0. The van der Waals surface area contributed by atoms with Gasteiger partial charge >= 0.3 is 0 Å². The van der Waals surface area contributed by atoms with Gasteiger partial charge in [0.25, 0.3) is 0 Å². The Hall–Kier alpha value is -1.42. The van der Waals surface area contributed by atoms with Crippen LogP contribution in [0.15, 0.2) is 18.3 Å². The monoisotopic (exact) mass is 221 g/mol. The van der Waals surface area contributed by atoms with Crippen LogP contribution >= 0.6 is 0 Å². The summed E-state index contributed by atoms with van der Waals surface area (Å²) in [6.07, 6.45) is 1.74. The molecular formula is C12H19N3O. The Morgan fingerprint density at radius 2 is 2.25 bits per heavy atom. The van der Waals surface area contributed by atoms with Gasteiger partial charge in [-0.2, -0.15) is 0 Å². The number of nitrogens with one attached hydrogen (secondary N) is 2. The highest BCUT2D eigenvalue weighted by atomic mass is 16.1. The molecule has 2 N–H and O–H groups in total. The lowest BCUT2D eigenvalue weighted by atomic mass is 10.1. The molecule has 0 aliphatic rings. The Bertz CT molecular complexity index is 335. The van der Waals surface area contributed by atoms with Gasteiger partial charge in [-0.3, -0.25) is 4.79 Å². The first-order chi connectivity index (χ1) is 7.63. The molecule has 0 aromatic carbocycles. The Balaban J connectivity index is 2.47. The van der Waals surface area contributed by atoms with Crippen LogP contribution in [0.25, 0.3) is 0 Å². The second-order valence-corrected chi connectivity index (χ2v) is 3.92. The first-order valence-electron chi connectivity index (χ1n) is 5.57. The molecule has 1 amide bonds. The van der Waals surface area contributed by atoms with E-state index < -0.39 is 0 Å². The summed E-state index contributed by atoms with van der Waals surface area (Å²) in [7, 11) is 0. The van der Waals surface area contributed by atoms with Gasteiger partial charge in [0.05, 0.1) is 0 Å². The van der Waals surface area contributed by atoms with Crippen molar-refractivity contribution in [2.45, 2.75) is 20.8 Å². The van der Waals surface area contributed by atoms with Crippen molar-refractivity contribution in [3.8, 4) is 0 Å². The summed E-state index contributed by atoms with van der Waals surface area (Å²) in [5.74, 6) is 0.555. The number of amides is 1. The van der Waals surface area contributed by atoms with Crippen molar-refractivity contribution in [2.24, 2.45) is 5.92 Å². The zero-order valence-corrected chi connectivity index (χ0v) is 10.1. The van der Waals surface area contributed by atoms with Crippen molar-refractivity contribution in [3.63, 3.8) is 0 Å². The summed E-state index contributed by atoms with van der Waals surface area (Å²) in [4.78, 5) is 15.8. The second kappa shape index (κ2) is 6.23. The maximum absolute atomic E-state index is 11.7. The Kier molecular flexibility index (Phi) is 4.92. The number of rotatable bonds is 5. The molecule has 0 aliphatic carbocycles. The first kappa shape index (κ1) is 12.6. The lowest BCUT2D eigenvalue weighted by molar-refractivity contribution is -0.119. The van der Waals surface area contributed by atoms with E-state index in [1.165, 1.54) is 0 Å². The SMILES string of the molecule is CCNCC(C)C(=O)Nc1ccc(C)cn1. The van der Waals surface area contributed by atoms with Crippen molar-refractivity contribution < 1.29 is 4.79 Å². The van der Waals surface area contributed by atoms with Crippen LogP contribution < -0.4 is 10.6 Å². The van der Waals surface area contributed by atoms with Gasteiger partial charge in [0, 0.05) is 18.7 Å².